The number of para-hydroxylation sites is 2. The fourth-order valence-corrected chi connectivity index (χ4v) is 8.29. The SMILES string of the molecule is c1ccc(-c2nc3ccc4ccc5c(N(c6ccccc6)c6ccc(-c7ccc8c(c7)oc7ccccc78)cc6)cccc5c4c3s2)cc1. The van der Waals surface area contributed by atoms with E-state index in [4.69, 9.17) is 9.40 Å². The van der Waals surface area contributed by atoms with Crippen molar-refractivity contribution in [2.75, 3.05) is 4.90 Å². The van der Waals surface area contributed by atoms with E-state index in [0.717, 1.165) is 66.2 Å². The molecule has 10 rings (SSSR count). The van der Waals surface area contributed by atoms with Crippen LogP contribution >= 0.6 is 11.3 Å². The zero-order valence-electron chi connectivity index (χ0n) is 26.4. The first-order valence-electron chi connectivity index (χ1n) is 16.5. The second-order valence-electron chi connectivity index (χ2n) is 12.4. The van der Waals surface area contributed by atoms with Crippen LogP contribution in [-0.4, -0.2) is 4.98 Å². The molecule has 0 aliphatic heterocycles. The van der Waals surface area contributed by atoms with Crippen molar-refractivity contribution >= 4 is 82.1 Å². The molecule has 0 saturated heterocycles. The summed E-state index contributed by atoms with van der Waals surface area (Å²) in [6.07, 6.45) is 0. The van der Waals surface area contributed by atoms with Crippen LogP contribution in [0.1, 0.15) is 0 Å². The summed E-state index contributed by atoms with van der Waals surface area (Å²) in [7, 11) is 0. The molecule has 49 heavy (non-hydrogen) atoms. The summed E-state index contributed by atoms with van der Waals surface area (Å²) in [6.45, 7) is 0. The third-order valence-electron chi connectivity index (χ3n) is 9.49. The average molecular weight is 645 g/mol. The molecule has 0 unspecified atom stereocenters. The molecule has 0 saturated carbocycles. The van der Waals surface area contributed by atoms with Crippen LogP contribution in [0, 0.1) is 0 Å². The second kappa shape index (κ2) is 11.2. The van der Waals surface area contributed by atoms with E-state index < -0.39 is 0 Å². The Labute approximate surface area is 286 Å². The molecule has 0 amide bonds. The third kappa shape index (κ3) is 4.61. The van der Waals surface area contributed by atoms with Crippen molar-refractivity contribution in [2.24, 2.45) is 0 Å². The monoisotopic (exact) mass is 644 g/mol. The van der Waals surface area contributed by atoms with Crippen LogP contribution in [0.4, 0.5) is 17.1 Å². The number of benzene rings is 8. The lowest BCUT2D eigenvalue weighted by Crippen LogP contribution is -2.10. The molecule has 3 nitrogen and oxygen atoms in total. The molecule has 0 atom stereocenters. The molecule has 2 heterocycles. The maximum Gasteiger partial charge on any atom is 0.136 e. The van der Waals surface area contributed by atoms with Gasteiger partial charge in [0.15, 0.2) is 0 Å². The summed E-state index contributed by atoms with van der Waals surface area (Å²) in [5, 5.41) is 8.22. The van der Waals surface area contributed by atoms with Gasteiger partial charge in [-0.1, -0.05) is 115 Å². The van der Waals surface area contributed by atoms with Crippen LogP contribution in [-0.2, 0) is 0 Å². The smallest absolute Gasteiger partial charge is 0.136 e. The molecule has 0 fully saturated rings. The second-order valence-corrected chi connectivity index (χ2v) is 13.4. The summed E-state index contributed by atoms with van der Waals surface area (Å²) in [6, 6.07) is 60.2. The molecular formula is C45H28N2OS. The molecule has 0 radical (unpaired) electrons. The van der Waals surface area contributed by atoms with E-state index in [2.05, 4.69) is 163 Å². The number of furan rings is 1. The lowest BCUT2D eigenvalue weighted by molar-refractivity contribution is 0.669. The maximum atomic E-state index is 6.20. The topological polar surface area (TPSA) is 29.3 Å². The Hall–Kier alpha value is -6.23. The van der Waals surface area contributed by atoms with Gasteiger partial charge in [-0.15, -0.1) is 11.3 Å². The van der Waals surface area contributed by atoms with Crippen molar-refractivity contribution in [1.82, 2.24) is 4.98 Å². The molecular weight excluding hydrogens is 617 g/mol. The third-order valence-corrected chi connectivity index (χ3v) is 10.6. The number of hydrogen-bond donors (Lipinski definition) is 0. The van der Waals surface area contributed by atoms with Gasteiger partial charge in [-0.05, 0) is 76.5 Å². The van der Waals surface area contributed by atoms with E-state index in [1.807, 2.05) is 12.1 Å². The quantitative estimate of drug-likeness (QED) is 0.175. The summed E-state index contributed by atoms with van der Waals surface area (Å²) in [5.74, 6) is 0. The number of aromatic nitrogens is 1. The van der Waals surface area contributed by atoms with Gasteiger partial charge in [0, 0.05) is 38.5 Å². The Kier molecular flexibility index (Phi) is 6.36. The summed E-state index contributed by atoms with van der Waals surface area (Å²) >= 11 is 1.77. The molecule has 2 aromatic heterocycles. The number of nitrogens with zero attached hydrogens (tertiary/aromatic N) is 2. The summed E-state index contributed by atoms with van der Waals surface area (Å²) in [5.41, 5.74) is 9.60. The first kappa shape index (κ1) is 27.8. The van der Waals surface area contributed by atoms with Crippen LogP contribution in [0.25, 0.3) is 75.4 Å². The van der Waals surface area contributed by atoms with E-state index >= 15 is 0 Å². The molecule has 0 bridgehead atoms. The Bertz CT molecular complexity index is 2820. The Morgan fingerprint density at radius 3 is 2.00 bits per heavy atom. The van der Waals surface area contributed by atoms with Gasteiger partial charge in [0.1, 0.15) is 16.2 Å². The predicted octanol–water partition coefficient (Wildman–Crippen LogP) is 13.3. The van der Waals surface area contributed by atoms with Gasteiger partial charge >= 0.3 is 0 Å². The van der Waals surface area contributed by atoms with Crippen molar-refractivity contribution in [1.29, 1.82) is 0 Å². The van der Waals surface area contributed by atoms with Gasteiger partial charge in [-0.25, -0.2) is 4.98 Å². The van der Waals surface area contributed by atoms with Crippen LogP contribution in [0.3, 0.4) is 0 Å². The molecule has 0 aliphatic carbocycles. The van der Waals surface area contributed by atoms with Crippen LogP contribution in [0.2, 0.25) is 0 Å². The van der Waals surface area contributed by atoms with E-state index in [1.165, 1.54) is 26.2 Å². The number of thiazole rings is 1. The van der Waals surface area contributed by atoms with E-state index in [0.29, 0.717) is 0 Å². The highest BCUT2D eigenvalue weighted by Gasteiger charge is 2.18. The molecule has 0 N–H and O–H groups in total. The van der Waals surface area contributed by atoms with Crippen LogP contribution < -0.4 is 4.90 Å². The minimum atomic E-state index is 0.905. The first-order valence-corrected chi connectivity index (χ1v) is 17.3. The number of hydrogen-bond acceptors (Lipinski definition) is 4. The lowest BCUT2D eigenvalue weighted by atomic mass is 9.99. The molecule has 8 aromatic carbocycles. The van der Waals surface area contributed by atoms with E-state index in [1.54, 1.807) is 11.3 Å². The number of anilines is 3. The standard InChI is InChI=1S/C45H28N2OS/c1-3-10-31(11-4-1)45-46-39-27-22-30-20-25-35-38(43(30)44(39)49-45)15-9-16-40(35)47(33-12-5-2-6-13-33)34-23-18-29(19-24-34)32-21-26-37-36-14-7-8-17-41(36)48-42(37)28-32/h1-28H. The van der Waals surface area contributed by atoms with Gasteiger partial charge in [-0.2, -0.15) is 0 Å². The van der Waals surface area contributed by atoms with Crippen molar-refractivity contribution in [3.05, 3.63) is 170 Å². The fourth-order valence-electron chi connectivity index (χ4n) is 7.16. The first-order chi connectivity index (χ1) is 24.3. The summed E-state index contributed by atoms with van der Waals surface area (Å²) < 4.78 is 7.42. The lowest BCUT2D eigenvalue weighted by Gasteiger charge is -2.27. The van der Waals surface area contributed by atoms with Crippen LogP contribution in [0.15, 0.2) is 174 Å². The molecule has 0 spiro atoms. The minimum absolute atomic E-state index is 0.905. The van der Waals surface area contributed by atoms with Gasteiger partial charge in [0.25, 0.3) is 0 Å². The van der Waals surface area contributed by atoms with Crippen molar-refractivity contribution in [2.45, 2.75) is 0 Å². The van der Waals surface area contributed by atoms with E-state index in [9.17, 15) is 0 Å². The Balaban J connectivity index is 1.11. The minimum Gasteiger partial charge on any atom is -0.456 e. The highest BCUT2D eigenvalue weighted by atomic mass is 32.1. The largest absolute Gasteiger partial charge is 0.456 e. The van der Waals surface area contributed by atoms with Gasteiger partial charge in [0.2, 0.25) is 0 Å². The number of rotatable bonds is 5. The highest BCUT2D eigenvalue weighted by Crippen LogP contribution is 2.44. The maximum absolute atomic E-state index is 6.20. The fraction of sp³-hybridized carbons (Fsp3) is 0. The van der Waals surface area contributed by atoms with Gasteiger partial charge < -0.3 is 9.32 Å². The zero-order chi connectivity index (χ0) is 32.3. The average Bonchev–Trinajstić information content (AvgIpc) is 3.78. The van der Waals surface area contributed by atoms with Crippen molar-refractivity contribution in [3.63, 3.8) is 0 Å². The molecule has 4 heteroatoms. The van der Waals surface area contributed by atoms with E-state index in [-0.39, 0.29) is 0 Å². The van der Waals surface area contributed by atoms with Gasteiger partial charge in [0.05, 0.1) is 15.9 Å². The predicted molar refractivity (Wildman–Crippen MR) is 207 cm³/mol. The highest BCUT2D eigenvalue weighted by molar-refractivity contribution is 7.22. The molecule has 0 aliphatic rings. The van der Waals surface area contributed by atoms with Crippen LogP contribution in [0.5, 0.6) is 0 Å². The zero-order valence-corrected chi connectivity index (χ0v) is 27.2. The number of fused-ring (bicyclic) bond motifs is 8. The van der Waals surface area contributed by atoms with Gasteiger partial charge in [-0.3, -0.25) is 0 Å². The molecule has 10 aromatic rings. The Morgan fingerprint density at radius 1 is 0.469 bits per heavy atom. The normalized spacial score (nSPS) is 11.7. The molecule has 230 valence electrons. The Morgan fingerprint density at radius 2 is 1.14 bits per heavy atom. The van der Waals surface area contributed by atoms with Crippen molar-refractivity contribution < 1.29 is 4.42 Å². The summed E-state index contributed by atoms with van der Waals surface area (Å²) in [4.78, 5) is 7.42. The van der Waals surface area contributed by atoms with Crippen molar-refractivity contribution in [3.8, 4) is 21.7 Å².